The molecule has 1 aromatic heterocycles. The average molecular weight is 223 g/mol. The average Bonchev–Trinajstić information content (AvgIpc) is 2.83. The molecule has 0 atom stereocenters. The highest BCUT2D eigenvalue weighted by Crippen LogP contribution is 2.23. The van der Waals surface area contributed by atoms with Crippen molar-refractivity contribution in [3.63, 3.8) is 0 Å². The Balaban J connectivity index is 1.81. The van der Waals surface area contributed by atoms with Crippen molar-refractivity contribution >= 4 is 5.91 Å². The van der Waals surface area contributed by atoms with Gasteiger partial charge in [0.2, 0.25) is 0 Å². The zero-order valence-electron chi connectivity index (χ0n) is 9.15. The van der Waals surface area contributed by atoms with Crippen molar-refractivity contribution in [1.82, 2.24) is 15.5 Å². The molecule has 1 aliphatic rings. The molecule has 16 heavy (non-hydrogen) atoms. The van der Waals surface area contributed by atoms with Crippen molar-refractivity contribution in [3.05, 3.63) is 18.0 Å². The maximum Gasteiger partial charge on any atom is 0.269 e. The quantitative estimate of drug-likeness (QED) is 0.705. The van der Waals surface area contributed by atoms with Gasteiger partial charge in [-0.2, -0.15) is 5.10 Å². The monoisotopic (exact) mass is 223 g/mol. The van der Waals surface area contributed by atoms with Gasteiger partial charge in [-0.05, 0) is 37.7 Å². The van der Waals surface area contributed by atoms with Gasteiger partial charge in [-0.25, -0.2) is 0 Å². The molecule has 88 valence electrons. The highest BCUT2D eigenvalue weighted by Gasteiger charge is 2.22. The summed E-state index contributed by atoms with van der Waals surface area (Å²) in [4.78, 5) is 11.7. The molecule has 0 radical (unpaired) electrons. The number of carbonyl (C=O) groups excluding carboxylic acids is 1. The molecule has 1 saturated carbocycles. The van der Waals surface area contributed by atoms with E-state index in [0.29, 0.717) is 11.6 Å². The van der Waals surface area contributed by atoms with E-state index in [9.17, 15) is 4.79 Å². The van der Waals surface area contributed by atoms with E-state index in [2.05, 4.69) is 15.5 Å². The van der Waals surface area contributed by atoms with E-state index in [1.54, 1.807) is 12.3 Å². The van der Waals surface area contributed by atoms with E-state index < -0.39 is 0 Å². The van der Waals surface area contributed by atoms with Crippen LogP contribution >= 0.6 is 0 Å². The lowest BCUT2D eigenvalue weighted by molar-refractivity contribution is 0.0909. The van der Waals surface area contributed by atoms with Crippen LogP contribution in [0, 0.1) is 5.92 Å². The first-order valence-corrected chi connectivity index (χ1v) is 5.70. The van der Waals surface area contributed by atoms with Crippen LogP contribution in [0.3, 0.4) is 0 Å². The van der Waals surface area contributed by atoms with Gasteiger partial charge in [0, 0.05) is 18.8 Å². The molecule has 0 aromatic carbocycles. The minimum Gasteiger partial charge on any atom is -0.396 e. The van der Waals surface area contributed by atoms with Crippen LogP contribution in [0.25, 0.3) is 0 Å². The minimum absolute atomic E-state index is 0.0926. The molecule has 3 N–H and O–H groups in total. The fourth-order valence-electron chi connectivity index (χ4n) is 2.13. The summed E-state index contributed by atoms with van der Waals surface area (Å²) >= 11 is 0. The molecule has 2 rings (SSSR count). The van der Waals surface area contributed by atoms with E-state index in [0.717, 1.165) is 25.7 Å². The molecular weight excluding hydrogens is 206 g/mol. The van der Waals surface area contributed by atoms with Crippen molar-refractivity contribution in [2.24, 2.45) is 5.92 Å². The first kappa shape index (κ1) is 11.1. The second-order valence-electron chi connectivity index (χ2n) is 4.34. The lowest BCUT2D eigenvalue weighted by Gasteiger charge is -2.27. The molecule has 1 fully saturated rings. The molecule has 1 amide bonds. The third-order valence-corrected chi connectivity index (χ3v) is 3.19. The van der Waals surface area contributed by atoms with E-state index in [4.69, 9.17) is 5.11 Å². The van der Waals surface area contributed by atoms with Gasteiger partial charge in [-0.3, -0.25) is 9.89 Å². The Hall–Kier alpha value is -1.36. The lowest BCUT2D eigenvalue weighted by Crippen LogP contribution is -2.38. The topological polar surface area (TPSA) is 78.0 Å². The van der Waals surface area contributed by atoms with Crippen molar-refractivity contribution in [2.75, 3.05) is 6.61 Å². The number of aromatic nitrogens is 2. The minimum atomic E-state index is -0.0926. The number of aliphatic hydroxyl groups excluding tert-OH is 1. The van der Waals surface area contributed by atoms with Crippen LogP contribution in [-0.4, -0.2) is 33.9 Å². The third-order valence-electron chi connectivity index (χ3n) is 3.19. The number of aromatic amines is 1. The molecule has 1 heterocycles. The van der Waals surface area contributed by atoms with Crippen LogP contribution in [0.5, 0.6) is 0 Å². The smallest absolute Gasteiger partial charge is 0.269 e. The van der Waals surface area contributed by atoms with Gasteiger partial charge in [0.05, 0.1) is 0 Å². The Morgan fingerprint density at radius 2 is 2.25 bits per heavy atom. The number of aliphatic hydroxyl groups is 1. The largest absolute Gasteiger partial charge is 0.396 e. The van der Waals surface area contributed by atoms with E-state index in [-0.39, 0.29) is 18.6 Å². The number of nitrogens with zero attached hydrogens (tertiary/aromatic N) is 1. The Kier molecular flexibility index (Phi) is 3.56. The van der Waals surface area contributed by atoms with Crippen molar-refractivity contribution in [3.8, 4) is 0 Å². The zero-order valence-corrected chi connectivity index (χ0v) is 9.15. The van der Waals surface area contributed by atoms with E-state index >= 15 is 0 Å². The van der Waals surface area contributed by atoms with E-state index in [1.165, 1.54) is 0 Å². The first-order chi connectivity index (χ1) is 7.79. The third kappa shape index (κ3) is 2.61. The standard InChI is InChI=1S/C11H17N3O2/c15-7-8-1-3-9(4-2-8)13-11(16)10-5-6-12-14-10/h5-6,8-9,15H,1-4,7H2,(H,12,14)(H,13,16). The van der Waals surface area contributed by atoms with Crippen LogP contribution < -0.4 is 5.32 Å². The molecule has 0 spiro atoms. The lowest BCUT2D eigenvalue weighted by atomic mass is 9.86. The van der Waals surface area contributed by atoms with Crippen LogP contribution in [0.2, 0.25) is 0 Å². The maximum atomic E-state index is 11.7. The molecule has 5 heteroatoms. The van der Waals surface area contributed by atoms with Crippen molar-refractivity contribution in [1.29, 1.82) is 0 Å². The number of hydrogen-bond donors (Lipinski definition) is 3. The molecule has 1 aliphatic carbocycles. The van der Waals surface area contributed by atoms with Gasteiger partial charge >= 0.3 is 0 Å². The highest BCUT2D eigenvalue weighted by atomic mass is 16.3. The fourth-order valence-corrected chi connectivity index (χ4v) is 2.13. The predicted octanol–water partition coefficient (Wildman–Crippen LogP) is 0.691. The number of hydrogen-bond acceptors (Lipinski definition) is 3. The molecule has 5 nitrogen and oxygen atoms in total. The first-order valence-electron chi connectivity index (χ1n) is 5.70. The summed E-state index contributed by atoms with van der Waals surface area (Å²) in [7, 11) is 0. The van der Waals surface area contributed by atoms with Gasteiger partial charge in [0.15, 0.2) is 0 Å². The zero-order chi connectivity index (χ0) is 11.4. The summed E-state index contributed by atoms with van der Waals surface area (Å²) < 4.78 is 0. The summed E-state index contributed by atoms with van der Waals surface area (Å²) in [5.41, 5.74) is 0.504. The second-order valence-corrected chi connectivity index (χ2v) is 4.34. The Bertz CT molecular complexity index is 329. The number of rotatable bonds is 3. The van der Waals surface area contributed by atoms with Crippen molar-refractivity contribution < 1.29 is 9.90 Å². The van der Waals surface area contributed by atoms with Gasteiger partial charge in [0.1, 0.15) is 5.69 Å². The van der Waals surface area contributed by atoms with Gasteiger partial charge in [-0.15, -0.1) is 0 Å². The predicted molar refractivity (Wildman–Crippen MR) is 58.9 cm³/mol. The molecule has 0 bridgehead atoms. The number of nitrogens with one attached hydrogen (secondary N) is 2. The van der Waals surface area contributed by atoms with Crippen LogP contribution in [0.1, 0.15) is 36.2 Å². The van der Waals surface area contributed by atoms with Crippen molar-refractivity contribution in [2.45, 2.75) is 31.7 Å². The summed E-state index contributed by atoms with van der Waals surface area (Å²) in [6, 6.07) is 1.90. The summed E-state index contributed by atoms with van der Waals surface area (Å²) in [5.74, 6) is 0.324. The van der Waals surface area contributed by atoms with E-state index in [1.807, 2.05) is 0 Å². The molecule has 0 aliphatic heterocycles. The van der Waals surface area contributed by atoms with Crippen LogP contribution in [0.4, 0.5) is 0 Å². The molecule has 0 unspecified atom stereocenters. The van der Waals surface area contributed by atoms with Gasteiger partial charge < -0.3 is 10.4 Å². The maximum absolute atomic E-state index is 11.7. The highest BCUT2D eigenvalue weighted by molar-refractivity contribution is 5.92. The summed E-state index contributed by atoms with van der Waals surface area (Å²) in [6.07, 6.45) is 5.45. The van der Waals surface area contributed by atoms with Gasteiger partial charge in [-0.1, -0.05) is 0 Å². The summed E-state index contributed by atoms with van der Waals surface area (Å²) in [5, 5.41) is 18.4. The number of H-pyrrole nitrogens is 1. The second kappa shape index (κ2) is 5.12. The Labute approximate surface area is 94.2 Å². The molecular formula is C11H17N3O2. The SMILES string of the molecule is O=C(NC1CCC(CO)CC1)c1ccn[nH]1. The fraction of sp³-hybridized carbons (Fsp3) is 0.636. The Morgan fingerprint density at radius 3 is 2.81 bits per heavy atom. The number of amides is 1. The van der Waals surface area contributed by atoms with Gasteiger partial charge in [0.25, 0.3) is 5.91 Å². The summed E-state index contributed by atoms with van der Waals surface area (Å²) in [6.45, 7) is 0.265. The normalized spacial score (nSPS) is 25.3. The van der Waals surface area contributed by atoms with Crippen LogP contribution in [-0.2, 0) is 0 Å². The van der Waals surface area contributed by atoms with Crippen LogP contribution in [0.15, 0.2) is 12.3 Å². The Morgan fingerprint density at radius 1 is 1.50 bits per heavy atom. The molecule has 0 saturated heterocycles. The number of carbonyl (C=O) groups is 1. The molecule has 1 aromatic rings.